The molecule has 0 spiro atoms. The molecule has 5 heterocycles. The van der Waals surface area contributed by atoms with Crippen LogP contribution in [0.2, 0.25) is 0 Å². The first-order chi connectivity index (χ1) is 14.9. The molecule has 0 aliphatic rings. The first-order valence-electron chi connectivity index (χ1n) is 9.66. The van der Waals surface area contributed by atoms with Gasteiger partial charge in [0.25, 0.3) is 0 Å². The lowest BCUT2D eigenvalue weighted by molar-refractivity contribution is 1.12. The Morgan fingerprint density at radius 2 is 1.50 bits per heavy atom. The van der Waals surface area contributed by atoms with Gasteiger partial charge in [-0.3, -0.25) is 15.1 Å². The fraction of sp³-hybridized carbons (Fsp3) is 0. The number of hydrogen-bond donors (Lipinski definition) is 2. The van der Waals surface area contributed by atoms with Crippen molar-refractivity contribution < 1.29 is 0 Å². The van der Waals surface area contributed by atoms with Crippen molar-refractivity contribution in [3.63, 3.8) is 0 Å². The summed E-state index contributed by atoms with van der Waals surface area (Å²) in [6.45, 7) is 0. The molecule has 0 amide bonds. The number of H-pyrrole nitrogens is 2. The lowest BCUT2D eigenvalue weighted by Crippen LogP contribution is -1.84. The maximum atomic E-state index is 4.58. The Morgan fingerprint density at radius 1 is 0.667 bits per heavy atom. The van der Waals surface area contributed by atoms with E-state index in [1.54, 1.807) is 18.6 Å². The number of aromatic nitrogens is 6. The molecular formula is C24H16N6. The van der Waals surface area contributed by atoms with E-state index in [1.165, 1.54) is 0 Å². The summed E-state index contributed by atoms with van der Waals surface area (Å²) in [4.78, 5) is 16.9. The summed E-state index contributed by atoms with van der Waals surface area (Å²) in [5.41, 5.74) is 7.48. The van der Waals surface area contributed by atoms with Crippen LogP contribution in [0.5, 0.6) is 0 Å². The molecule has 0 fully saturated rings. The number of rotatable bonds is 3. The van der Waals surface area contributed by atoms with Crippen molar-refractivity contribution in [2.75, 3.05) is 0 Å². The molecule has 6 heteroatoms. The minimum Gasteiger partial charge on any atom is -0.338 e. The van der Waals surface area contributed by atoms with Gasteiger partial charge in [0, 0.05) is 40.5 Å². The number of pyridine rings is 3. The van der Waals surface area contributed by atoms with Crippen LogP contribution in [0.1, 0.15) is 0 Å². The van der Waals surface area contributed by atoms with E-state index >= 15 is 0 Å². The Bertz CT molecular complexity index is 1480. The van der Waals surface area contributed by atoms with E-state index in [4.69, 9.17) is 0 Å². The molecule has 1 aromatic carbocycles. The molecule has 0 aliphatic heterocycles. The van der Waals surface area contributed by atoms with Gasteiger partial charge in [0.15, 0.2) is 0 Å². The molecule has 0 saturated heterocycles. The highest BCUT2D eigenvalue weighted by Gasteiger charge is 2.15. The van der Waals surface area contributed by atoms with Gasteiger partial charge in [-0.05, 0) is 48.5 Å². The lowest BCUT2D eigenvalue weighted by Gasteiger charge is -2.01. The Hall–Kier alpha value is -4.32. The van der Waals surface area contributed by atoms with Crippen LogP contribution in [0.4, 0.5) is 0 Å². The molecule has 0 radical (unpaired) electrons. The number of benzene rings is 1. The summed E-state index contributed by atoms with van der Waals surface area (Å²) < 4.78 is 0. The maximum absolute atomic E-state index is 4.58. The highest BCUT2D eigenvalue weighted by atomic mass is 15.1. The monoisotopic (exact) mass is 388 g/mol. The zero-order chi connectivity index (χ0) is 19.9. The van der Waals surface area contributed by atoms with E-state index in [0.717, 1.165) is 55.8 Å². The summed E-state index contributed by atoms with van der Waals surface area (Å²) in [6.07, 6.45) is 5.41. The van der Waals surface area contributed by atoms with Crippen molar-refractivity contribution in [3.8, 4) is 33.9 Å². The molecule has 0 bridgehead atoms. The van der Waals surface area contributed by atoms with E-state index in [2.05, 4.69) is 48.3 Å². The molecule has 0 unspecified atom stereocenters. The molecule has 142 valence electrons. The second kappa shape index (κ2) is 6.63. The van der Waals surface area contributed by atoms with E-state index < -0.39 is 0 Å². The first kappa shape index (κ1) is 16.6. The molecule has 6 aromatic rings. The highest BCUT2D eigenvalue weighted by molar-refractivity contribution is 6.00. The molecule has 2 N–H and O–H groups in total. The Morgan fingerprint density at radius 3 is 2.30 bits per heavy atom. The van der Waals surface area contributed by atoms with Crippen molar-refractivity contribution in [3.05, 3.63) is 85.3 Å². The highest BCUT2D eigenvalue weighted by Crippen LogP contribution is 2.33. The molecule has 0 atom stereocenters. The fourth-order valence-electron chi connectivity index (χ4n) is 3.81. The van der Waals surface area contributed by atoms with Gasteiger partial charge in [-0.2, -0.15) is 5.10 Å². The standard InChI is InChI=1S/C24H16N6/c1-3-10-25-19(5-1)15-7-8-21-18(13-15)23(30-29-21)22-14-17-16(9-12-27-24(17)28-22)20-6-2-4-11-26-20/h1-14H,(H,27,28)(H,29,30). The second-order valence-corrected chi connectivity index (χ2v) is 7.07. The van der Waals surface area contributed by atoms with Gasteiger partial charge >= 0.3 is 0 Å². The van der Waals surface area contributed by atoms with Crippen molar-refractivity contribution in [1.29, 1.82) is 0 Å². The zero-order valence-electron chi connectivity index (χ0n) is 15.9. The van der Waals surface area contributed by atoms with Crippen molar-refractivity contribution in [2.45, 2.75) is 0 Å². The SMILES string of the molecule is c1ccc(-c2ccc3[nH]nc(-c4cc5c(-c6ccccn6)ccnc5[nH]4)c3c2)nc1. The Labute approximate surface area is 171 Å². The van der Waals surface area contributed by atoms with Gasteiger partial charge in [-0.15, -0.1) is 0 Å². The third-order valence-electron chi connectivity index (χ3n) is 5.25. The fourth-order valence-corrected chi connectivity index (χ4v) is 3.81. The quantitative estimate of drug-likeness (QED) is 0.435. The number of hydrogen-bond acceptors (Lipinski definition) is 4. The van der Waals surface area contributed by atoms with E-state index in [0.29, 0.717) is 0 Å². The van der Waals surface area contributed by atoms with E-state index in [9.17, 15) is 0 Å². The van der Waals surface area contributed by atoms with Gasteiger partial charge in [0.1, 0.15) is 11.3 Å². The van der Waals surface area contributed by atoms with Gasteiger partial charge in [0.05, 0.1) is 22.6 Å². The van der Waals surface area contributed by atoms with Gasteiger partial charge in [-0.1, -0.05) is 18.2 Å². The van der Waals surface area contributed by atoms with Crippen LogP contribution in [0.15, 0.2) is 85.3 Å². The van der Waals surface area contributed by atoms with Crippen molar-refractivity contribution in [1.82, 2.24) is 30.1 Å². The van der Waals surface area contributed by atoms with Gasteiger partial charge in [-0.25, -0.2) is 4.98 Å². The molecule has 0 saturated carbocycles. The zero-order valence-corrected chi connectivity index (χ0v) is 15.9. The number of aromatic amines is 2. The summed E-state index contributed by atoms with van der Waals surface area (Å²) >= 11 is 0. The van der Waals surface area contributed by atoms with E-state index in [-0.39, 0.29) is 0 Å². The summed E-state index contributed by atoms with van der Waals surface area (Å²) in [7, 11) is 0. The smallest absolute Gasteiger partial charge is 0.138 e. The summed E-state index contributed by atoms with van der Waals surface area (Å²) in [6, 6.07) is 22.1. The molecule has 6 nitrogen and oxygen atoms in total. The maximum Gasteiger partial charge on any atom is 0.138 e. The summed E-state index contributed by atoms with van der Waals surface area (Å²) in [5.74, 6) is 0. The van der Waals surface area contributed by atoms with Crippen LogP contribution < -0.4 is 0 Å². The lowest BCUT2D eigenvalue weighted by atomic mass is 10.1. The van der Waals surface area contributed by atoms with Crippen LogP contribution in [0.3, 0.4) is 0 Å². The van der Waals surface area contributed by atoms with Crippen LogP contribution in [0.25, 0.3) is 55.8 Å². The molecule has 6 rings (SSSR count). The molecule has 30 heavy (non-hydrogen) atoms. The predicted octanol–water partition coefficient (Wildman–Crippen LogP) is 5.23. The third-order valence-corrected chi connectivity index (χ3v) is 5.25. The number of fused-ring (bicyclic) bond motifs is 2. The average Bonchev–Trinajstić information content (AvgIpc) is 3.43. The largest absolute Gasteiger partial charge is 0.338 e. The topological polar surface area (TPSA) is 83.1 Å². The Balaban J connectivity index is 1.52. The molecule has 5 aromatic heterocycles. The Kier molecular flexibility index (Phi) is 3.67. The van der Waals surface area contributed by atoms with Crippen molar-refractivity contribution >= 4 is 21.9 Å². The minimum atomic E-state index is 0.810. The normalized spacial score (nSPS) is 11.3. The average molecular weight is 388 g/mol. The van der Waals surface area contributed by atoms with Gasteiger partial charge in [0.2, 0.25) is 0 Å². The van der Waals surface area contributed by atoms with Crippen LogP contribution >= 0.6 is 0 Å². The first-order valence-corrected chi connectivity index (χ1v) is 9.66. The van der Waals surface area contributed by atoms with Crippen LogP contribution in [-0.2, 0) is 0 Å². The number of nitrogens with zero attached hydrogens (tertiary/aromatic N) is 4. The minimum absolute atomic E-state index is 0.810. The van der Waals surface area contributed by atoms with Crippen molar-refractivity contribution in [2.24, 2.45) is 0 Å². The molecule has 0 aliphatic carbocycles. The van der Waals surface area contributed by atoms with Crippen LogP contribution in [0, 0.1) is 0 Å². The third kappa shape index (κ3) is 2.66. The number of nitrogens with one attached hydrogen (secondary N) is 2. The van der Waals surface area contributed by atoms with Crippen LogP contribution in [-0.4, -0.2) is 30.1 Å². The van der Waals surface area contributed by atoms with E-state index in [1.807, 2.05) is 48.5 Å². The predicted molar refractivity (Wildman–Crippen MR) is 118 cm³/mol. The summed E-state index contributed by atoms with van der Waals surface area (Å²) in [5, 5.41) is 9.76. The molecular weight excluding hydrogens is 372 g/mol. The second-order valence-electron chi connectivity index (χ2n) is 7.07. The van der Waals surface area contributed by atoms with Gasteiger partial charge < -0.3 is 4.98 Å².